The molecule has 17 heavy (non-hydrogen) atoms. The molecule has 0 amide bonds. The van der Waals surface area contributed by atoms with Gasteiger partial charge in [-0.15, -0.1) is 0 Å². The maximum absolute atomic E-state index is 5.86. The molecular weight excluding hydrogens is 210 g/mol. The topological polar surface area (TPSA) is 21.3 Å². The Morgan fingerprint density at radius 3 is 2.53 bits per heavy atom. The molecular formula is C15H29NO. The zero-order valence-electron chi connectivity index (χ0n) is 12.0. The first-order chi connectivity index (χ1) is 8.11. The summed E-state index contributed by atoms with van der Waals surface area (Å²) in [7, 11) is 0. The van der Waals surface area contributed by atoms with Crippen molar-refractivity contribution in [3.8, 4) is 0 Å². The van der Waals surface area contributed by atoms with E-state index in [9.17, 15) is 0 Å². The molecule has 4 atom stereocenters. The Morgan fingerprint density at radius 2 is 2.06 bits per heavy atom. The number of hydrogen-bond acceptors (Lipinski definition) is 2. The van der Waals surface area contributed by atoms with Crippen LogP contribution >= 0.6 is 0 Å². The summed E-state index contributed by atoms with van der Waals surface area (Å²) in [5.41, 5.74) is 0.355. The van der Waals surface area contributed by atoms with Gasteiger partial charge >= 0.3 is 0 Å². The third-order valence-electron chi connectivity index (χ3n) is 5.43. The summed E-state index contributed by atoms with van der Waals surface area (Å²) in [5, 5.41) is 3.87. The number of hydrogen-bond donors (Lipinski definition) is 1. The Bertz CT molecular complexity index is 251. The van der Waals surface area contributed by atoms with Crippen molar-refractivity contribution in [2.45, 2.75) is 78.0 Å². The van der Waals surface area contributed by atoms with Crippen LogP contribution in [0.3, 0.4) is 0 Å². The van der Waals surface area contributed by atoms with Crippen molar-refractivity contribution in [2.75, 3.05) is 6.61 Å². The van der Waals surface area contributed by atoms with Crippen LogP contribution in [-0.4, -0.2) is 24.8 Å². The van der Waals surface area contributed by atoms with Crippen molar-refractivity contribution in [3.63, 3.8) is 0 Å². The molecule has 0 radical (unpaired) electrons. The lowest BCUT2D eigenvalue weighted by Crippen LogP contribution is -2.64. The average molecular weight is 239 g/mol. The molecule has 0 bridgehead atoms. The lowest BCUT2D eigenvalue weighted by molar-refractivity contribution is -0.129. The number of rotatable bonds is 6. The second kappa shape index (κ2) is 5.27. The third-order valence-corrected chi connectivity index (χ3v) is 5.43. The van der Waals surface area contributed by atoms with Gasteiger partial charge in [-0.3, -0.25) is 0 Å². The molecule has 0 aromatic heterocycles. The molecule has 2 aliphatic rings. The zero-order chi connectivity index (χ0) is 12.5. The van der Waals surface area contributed by atoms with Crippen molar-refractivity contribution in [1.29, 1.82) is 0 Å². The van der Waals surface area contributed by atoms with Crippen LogP contribution in [0.5, 0.6) is 0 Å². The first-order valence-corrected chi connectivity index (χ1v) is 7.49. The van der Waals surface area contributed by atoms with Gasteiger partial charge in [-0.1, -0.05) is 20.3 Å². The van der Waals surface area contributed by atoms with Crippen LogP contribution in [0.4, 0.5) is 0 Å². The van der Waals surface area contributed by atoms with Gasteiger partial charge in [-0.25, -0.2) is 0 Å². The third kappa shape index (κ3) is 2.39. The largest absolute Gasteiger partial charge is 0.378 e. The number of nitrogens with one attached hydrogen (secondary N) is 1. The number of ether oxygens (including phenoxy) is 1. The molecule has 0 heterocycles. The summed E-state index contributed by atoms with van der Waals surface area (Å²) in [5.74, 6) is 0.933. The quantitative estimate of drug-likeness (QED) is 0.767. The Morgan fingerprint density at radius 1 is 1.35 bits per heavy atom. The van der Waals surface area contributed by atoms with Gasteiger partial charge in [-0.05, 0) is 45.4 Å². The minimum atomic E-state index is 0.355. The summed E-state index contributed by atoms with van der Waals surface area (Å²) in [6.45, 7) is 10.0. The fourth-order valence-electron chi connectivity index (χ4n) is 3.40. The lowest BCUT2D eigenvalue weighted by atomic mass is 9.61. The molecule has 2 heteroatoms. The SMILES string of the molecule is CCOC1CC(NC(C)C2CCC2)C1(C)CC. The normalized spacial score (nSPS) is 39.5. The van der Waals surface area contributed by atoms with Crippen LogP contribution < -0.4 is 5.32 Å². The van der Waals surface area contributed by atoms with Gasteiger partial charge in [-0.2, -0.15) is 0 Å². The maximum Gasteiger partial charge on any atom is 0.0658 e. The van der Waals surface area contributed by atoms with Gasteiger partial charge < -0.3 is 10.1 Å². The highest BCUT2D eigenvalue weighted by atomic mass is 16.5. The van der Waals surface area contributed by atoms with Crippen LogP contribution in [0.2, 0.25) is 0 Å². The van der Waals surface area contributed by atoms with E-state index in [0.29, 0.717) is 23.6 Å². The molecule has 2 fully saturated rings. The van der Waals surface area contributed by atoms with Crippen LogP contribution in [0.25, 0.3) is 0 Å². The fraction of sp³-hybridized carbons (Fsp3) is 1.00. The van der Waals surface area contributed by atoms with Crippen LogP contribution in [0, 0.1) is 11.3 Å². The van der Waals surface area contributed by atoms with Crippen LogP contribution in [0.15, 0.2) is 0 Å². The van der Waals surface area contributed by atoms with E-state index >= 15 is 0 Å². The van der Waals surface area contributed by atoms with E-state index in [1.165, 1.54) is 32.1 Å². The summed E-state index contributed by atoms with van der Waals surface area (Å²) in [4.78, 5) is 0. The predicted molar refractivity (Wildman–Crippen MR) is 72.2 cm³/mol. The van der Waals surface area contributed by atoms with Crippen LogP contribution in [0.1, 0.15) is 59.8 Å². The summed E-state index contributed by atoms with van der Waals surface area (Å²) in [6, 6.07) is 1.36. The molecule has 2 aliphatic carbocycles. The molecule has 4 unspecified atom stereocenters. The molecule has 100 valence electrons. The van der Waals surface area contributed by atoms with E-state index in [4.69, 9.17) is 4.74 Å². The van der Waals surface area contributed by atoms with E-state index in [2.05, 4.69) is 33.0 Å². The molecule has 2 nitrogen and oxygen atoms in total. The van der Waals surface area contributed by atoms with Gasteiger partial charge in [0, 0.05) is 24.1 Å². The van der Waals surface area contributed by atoms with Gasteiger partial charge in [0.2, 0.25) is 0 Å². The summed E-state index contributed by atoms with van der Waals surface area (Å²) >= 11 is 0. The molecule has 2 rings (SSSR count). The zero-order valence-corrected chi connectivity index (χ0v) is 12.0. The molecule has 0 aromatic carbocycles. The molecule has 0 aliphatic heterocycles. The lowest BCUT2D eigenvalue weighted by Gasteiger charge is -2.55. The first-order valence-electron chi connectivity index (χ1n) is 7.49. The van der Waals surface area contributed by atoms with E-state index in [-0.39, 0.29) is 0 Å². The highest BCUT2D eigenvalue weighted by Gasteiger charge is 2.51. The van der Waals surface area contributed by atoms with E-state index < -0.39 is 0 Å². The minimum absolute atomic E-state index is 0.355. The minimum Gasteiger partial charge on any atom is -0.378 e. The first kappa shape index (κ1) is 13.4. The van der Waals surface area contributed by atoms with Crippen molar-refractivity contribution in [3.05, 3.63) is 0 Å². The Balaban J connectivity index is 1.85. The van der Waals surface area contributed by atoms with Crippen molar-refractivity contribution in [1.82, 2.24) is 5.32 Å². The highest BCUT2D eigenvalue weighted by Crippen LogP contribution is 2.46. The standard InChI is InChI=1S/C15H29NO/c1-5-15(4)13(10-14(15)17-6-2)16-11(3)12-8-7-9-12/h11-14,16H,5-10H2,1-4H3. The van der Waals surface area contributed by atoms with Gasteiger partial charge in [0.15, 0.2) is 0 Å². The summed E-state index contributed by atoms with van der Waals surface area (Å²) < 4.78 is 5.86. The van der Waals surface area contributed by atoms with Crippen molar-refractivity contribution in [2.24, 2.45) is 11.3 Å². The highest BCUT2D eigenvalue weighted by molar-refractivity contribution is 5.05. The molecule has 2 saturated carbocycles. The van der Waals surface area contributed by atoms with Crippen LogP contribution in [-0.2, 0) is 4.74 Å². The fourth-order valence-corrected chi connectivity index (χ4v) is 3.40. The van der Waals surface area contributed by atoms with E-state index in [0.717, 1.165) is 12.5 Å². The van der Waals surface area contributed by atoms with Gasteiger partial charge in [0.25, 0.3) is 0 Å². The van der Waals surface area contributed by atoms with Gasteiger partial charge in [0.05, 0.1) is 6.10 Å². The molecule has 1 N–H and O–H groups in total. The second-order valence-corrected chi connectivity index (χ2v) is 6.24. The molecule has 0 aromatic rings. The Labute approximate surface area is 107 Å². The molecule has 0 saturated heterocycles. The average Bonchev–Trinajstić information content (AvgIpc) is 2.24. The smallest absolute Gasteiger partial charge is 0.0658 e. The Kier molecular flexibility index (Phi) is 4.14. The Hall–Kier alpha value is -0.0800. The van der Waals surface area contributed by atoms with E-state index in [1.54, 1.807) is 0 Å². The van der Waals surface area contributed by atoms with Crippen molar-refractivity contribution >= 4 is 0 Å². The maximum atomic E-state index is 5.86. The van der Waals surface area contributed by atoms with E-state index in [1.807, 2.05) is 0 Å². The van der Waals surface area contributed by atoms with Gasteiger partial charge in [0.1, 0.15) is 0 Å². The predicted octanol–water partition coefficient (Wildman–Crippen LogP) is 3.36. The monoisotopic (exact) mass is 239 g/mol. The van der Waals surface area contributed by atoms with Crippen molar-refractivity contribution < 1.29 is 4.74 Å². The second-order valence-electron chi connectivity index (χ2n) is 6.24. The summed E-state index contributed by atoms with van der Waals surface area (Å²) in [6.07, 6.45) is 7.19. The molecule has 0 spiro atoms.